The zero-order valence-corrected chi connectivity index (χ0v) is 10.0. The quantitative estimate of drug-likeness (QED) is 0.259. The van der Waals surface area contributed by atoms with Crippen LogP contribution in [0, 0.1) is 0 Å². The van der Waals surface area contributed by atoms with E-state index in [2.05, 4.69) is 25.3 Å². The maximum atomic E-state index is 9.93. The molecule has 10 heavy (non-hydrogen) atoms. The van der Waals surface area contributed by atoms with E-state index in [1.54, 1.807) is 14.1 Å². The zero-order chi connectivity index (χ0) is 7.86. The first kappa shape index (κ1) is 17.1. The molecular formula is C4H10NNaO2S2. The van der Waals surface area contributed by atoms with Crippen molar-refractivity contribution < 1.29 is 40.6 Å². The van der Waals surface area contributed by atoms with Gasteiger partial charge in [0.1, 0.15) is 0 Å². The van der Waals surface area contributed by atoms with Crippen molar-refractivity contribution in [1.29, 1.82) is 0 Å². The average molecular weight is 191 g/mol. The first-order chi connectivity index (χ1) is 4.06. The summed E-state index contributed by atoms with van der Waals surface area (Å²) >= 11 is 6.59. The zero-order valence-electron chi connectivity index (χ0n) is 7.24. The Morgan fingerprint density at radius 1 is 1.60 bits per heavy atom. The molecule has 0 aliphatic carbocycles. The van der Waals surface area contributed by atoms with Gasteiger partial charge < -0.3 is 6.33 Å². The van der Waals surface area contributed by atoms with Gasteiger partial charge in [-0.15, -0.1) is 12.6 Å². The van der Waals surface area contributed by atoms with Crippen LogP contribution in [0.3, 0.4) is 0 Å². The molecule has 0 aromatic heterocycles. The molecule has 1 amide bonds. The van der Waals surface area contributed by atoms with Crippen LogP contribution in [0.2, 0.25) is 0 Å². The SMILES string of the molecule is CN(C)C(=O)S.O=CS.[H-].[Na+]. The Hall–Kier alpha value is 0.840. The van der Waals surface area contributed by atoms with E-state index in [-0.39, 0.29) is 36.2 Å². The Morgan fingerprint density at radius 2 is 1.70 bits per heavy atom. The number of carbonyl (C=O) groups is 2. The number of thiol groups is 2. The van der Waals surface area contributed by atoms with Crippen LogP contribution in [0.15, 0.2) is 0 Å². The molecule has 0 spiro atoms. The van der Waals surface area contributed by atoms with Gasteiger partial charge in [-0.05, 0) is 0 Å². The number of carbonyl (C=O) groups excluding carboxylic acids is 2. The number of hydrogen-bond donors (Lipinski definition) is 2. The minimum Gasteiger partial charge on any atom is -1.00 e. The fourth-order valence-corrected chi connectivity index (χ4v) is 0. The molecule has 0 unspecified atom stereocenters. The molecule has 0 bridgehead atoms. The summed E-state index contributed by atoms with van der Waals surface area (Å²) in [7, 11) is 3.30. The van der Waals surface area contributed by atoms with E-state index in [4.69, 9.17) is 4.79 Å². The molecule has 0 aromatic rings. The molecule has 0 rings (SSSR count). The molecule has 0 aromatic carbocycles. The van der Waals surface area contributed by atoms with Crippen LogP contribution >= 0.6 is 25.3 Å². The van der Waals surface area contributed by atoms with E-state index in [9.17, 15) is 4.79 Å². The fourth-order valence-electron chi connectivity index (χ4n) is 0. The minimum atomic E-state index is -0.213. The van der Waals surface area contributed by atoms with Gasteiger partial charge in [-0.25, -0.2) is 0 Å². The van der Waals surface area contributed by atoms with Gasteiger partial charge in [0.15, 0.2) is 5.62 Å². The van der Waals surface area contributed by atoms with Crippen molar-refractivity contribution in [3.05, 3.63) is 0 Å². The van der Waals surface area contributed by atoms with Gasteiger partial charge >= 0.3 is 29.6 Å². The Balaban J connectivity index is -0.0000000437. The number of nitrogens with zero attached hydrogens (tertiary/aromatic N) is 1. The second-order valence-corrected chi connectivity index (χ2v) is 1.88. The summed E-state index contributed by atoms with van der Waals surface area (Å²) in [6, 6.07) is 0. The predicted octanol–water partition coefficient (Wildman–Crippen LogP) is -2.18. The fraction of sp³-hybridized carbons (Fsp3) is 0.500. The second kappa shape index (κ2) is 12.5. The molecular weight excluding hydrogens is 181 g/mol. The van der Waals surface area contributed by atoms with Crippen molar-refractivity contribution in [3.8, 4) is 0 Å². The van der Waals surface area contributed by atoms with Gasteiger partial charge in [0, 0.05) is 14.1 Å². The van der Waals surface area contributed by atoms with E-state index >= 15 is 0 Å². The number of amides is 1. The van der Waals surface area contributed by atoms with Crippen LogP contribution in [0.25, 0.3) is 0 Å². The van der Waals surface area contributed by atoms with Crippen molar-refractivity contribution >= 4 is 36.1 Å². The summed E-state index contributed by atoms with van der Waals surface area (Å²) in [5, 5.41) is -0.213. The Kier molecular flexibility index (Phi) is 21.4. The summed E-state index contributed by atoms with van der Waals surface area (Å²) in [6.07, 6.45) is 0. The van der Waals surface area contributed by atoms with Crippen molar-refractivity contribution in [1.82, 2.24) is 4.90 Å². The first-order valence-electron chi connectivity index (χ1n) is 2.04. The van der Waals surface area contributed by atoms with Gasteiger partial charge in [-0.3, -0.25) is 9.59 Å². The largest absolute Gasteiger partial charge is 1.00 e. The summed E-state index contributed by atoms with van der Waals surface area (Å²) < 4.78 is 0. The van der Waals surface area contributed by atoms with Crippen LogP contribution < -0.4 is 29.6 Å². The van der Waals surface area contributed by atoms with Gasteiger partial charge in [0.25, 0.3) is 5.24 Å². The molecule has 0 N–H and O–H groups in total. The molecule has 0 radical (unpaired) electrons. The normalized spacial score (nSPS) is 6.00. The van der Waals surface area contributed by atoms with Crippen molar-refractivity contribution in [3.63, 3.8) is 0 Å². The molecule has 0 fully saturated rings. The van der Waals surface area contributed by atoms with Crippen LogP contribution in [0.4, 0.5) is 4.79 Å². The molecule has 0 heterocycles. The maximum Gasteiger partial charge on any atom is 1.00 e. The molecule has 6 heteroatoms. The Bertz CT molecular complexity index is 104. The Labute approximate surface area is 95.1 Å². The van der Waals surface area contributed by atoms with Gasteiger partial charge in [-0.2, -0.15) is 0 Å². The van der Waals surface area contributed by atoms with E-state index in [0.717, 1.165) is 0 Å². The Morgan fingerprint density at radius 3 is 1.70 bits per heavy atom. The second-order valence-electron chi connectivity index (χ2n) is 1.28. The van der Waals surface area contributed by atoms with Crippen LogP contribution in [-0.4, -0.2) is 29.9 Å². The van der Waals surface area contributed by atoms with Crippen molar-refractivity contribution in [2.24, 2.45) is 0 Å². The monoisotopic (exact) mass is 191 g/mol. The van der Waals surface area contributed by atoms with E-state index in [1.807, 2.05) is 0 Å². The van der Waals surface area contributed by atoms with E-state index in [1.165, 1.54) is 4.90 Å². The molecule has 0 aliphatic rings. The van der Waals surface area contributed by atoms with Gasteiger partial charge in [-0.1, -0.05) is 12.6 Å². The van der Waals surface area contributed by atoms with E-state index in [0.29, 0.717) is 5.62 Å². The first-order valence-corrected chi connectivity index (χ1v) is 3.00. The molecule has 3 nitrogen and oxygen atoms in total. The van der Waals surface area contributed by atoms with Gasteiger partial charge in [0.2, 0.25) is 0 Å². The summed E-state index contributed by atoms with van der Waals surface area (Å²) in [5.41, 5.74) is 0.444. The van der Waals surface area contributed by atoms with Crippen molar-refractivity contribution in [2.75, 3.05) is 14.1 Å². The van der Waals surface area contributed by atoms with Crippen LogP contribution in [0.5, 0.6) is 0 Å². The third kappa shape index (κ3) is 23.2. The summed E-state index contributed by atoms with van der Waals surface area (Å²) in [6.45, 7) is 0. The molecule has 0 aliphatic heterocycles. The topological polar surface area (TPSA) is 37.4 Å². The average Bonchev–Trinajstić information content (AvgIpc) is 1.68. The molecule has 0 saturated heterocycles. The van der Waals surface area contributed by atoms with Gasteiger partial charge in [0.05, 0.1) is 0 Å². The molecule has 0 saturated carbocycles. The van der Waals surface area contributed by atoms with E-state index < -0.39 is 0 Å². The van der Waals surface area contributed by atoms with Crippen LogP contribution in [0.1, 0.15) is 1.43 Å². The number of rotatable bonds is 0. The minimum absolute atomic E-state index is 0. The third-order valence-electron chi connectivity index (χ3n) is 0.383. The van der Waals surface area contributed by atoms with Crippen LogP contribution in [-0.2, 0) is 4.79 Å². The summed E-state index contributed by atoms with van der Waals surface area (Å²) in [4.78, 5) is 20.0. The molecule has 56 valence electrons. The standard InChI is InChI=1S/C3H7NOS.CH2OS.Na.H/c1-4(2)3(5)6;2-1-3;;/h1-2H3,(H,5,6);1H,(H,2,3);;/q;;+1;-1. The van der Waals surface area contributed by atoms with Crippen molar-refractivity contribution in [2.45, 2.75) is 0 Å². The predicted molar refractivity (Wildman–Crippen MR) is 44.9 cm³/mol. The summed E-state index contributed by atoms with van der Waals surface area (Å²) in [5.74, 6) is 0. The molecule has 0 atom stereocenters. The maximum absolute atomic E-state index is 9.93. The third-order valence-corrected chi connectivity index (χ3v) is 0.783. The number of hydrogen-bond acceptors (Lipinski definition) is 2. The smallest absolute Gasteiger partial charge is 1.00 e.